The van der Waals surface area contributed by atoms with Gasteiger partial charge in [-0.2, -0.15) is 0 Å². The monoisotopic (exact) mass is 218 g/mol. The number of anilines is 1. The third kappa shape index (κ3) is 1.51. The van der Waals surface area contributed by atoms with Gasteiger partial charge in [0.2, 0.25) is 0 Å². The molecular formula is C12H14N2S. The number of aromatic nitrogens is 1. The van der Waals surface area contributed by atoms with Gasteiger partial charge in [0.1, 0.15) is 0 Å². The van der Waals surface area contributed by atoms with Gasteiger partial charge in [0.25, 0.3) is 0 Å². The fourth-order valence-electron chi connectivity index (χ4n) is 2.43. The molecule has 2 N–H and O–H groups in total. The summed E-state index contributed by atoms with van der Waals surface area (Å²) in [6, 6.07) is 4.14. The Hall–Kier alpha value is -1.09. The molecule has 0 radical (unpaired) electrons. The van der Waals surface area contributed by atoms with Gasteiger partial charge < -0.3 is 5.73 Å². The van der Waals surface area contributed by atoms with Crippen LogP contribution in [0.15, 0.2) is 17.5 Å². The fraction of sp³-hybridized carbons (Fsp3) is 0.417. The number of hydrogen-bond donors (Lipinski definition) is 1. The van der Waals surface area contributed by atoms with Gasteiger partial charge in [-0.15, -0.1) is 11.3 Å². The van der Waals surface area contributed by atoms with Crippen LogP contribution >= 0.6 is 11.3 Å². The van der Waals surface area contributed by atoms with E-state index in [1.165, 1.54) is 31.4 Å². The van der Waals surface area contributed by atoms with E-state index in [1.54, 1.807) is 11.3 Å². The summed E-state index contributed by atoms with van der Waals surface area (Å²) < 4.78 is 1.14. The Morgan fingerprint density at radius 2 is 2.13 bits per heavy atom. The zero-order valence-corrected chi connectivity index (χ0v) is 9.39. The van der Waals surface area contributed by atoms with Gasteiger partial charge in [-0.1, -0.05) is 12.8 Å². The zero-order valence-electron chi connectivity index (χ0n) is 8.57. The molecule has 2 heterocycles. The molecule has 0 atom stereocenters. The highest BCUT2D eigenvalue weighted by atomic mass is 32.1. The second-order valence-electron chi connectivity index (χ2n) is 4.25. The van der Waals surface area contributed by atoms with E-state index in [-0.39, 0.29) is 0 Å². The van der Waals surface area contributed by atoms with Gasteiger partial charge in [0.15, 0.2) is 0 Å². The quantitative estimate of drug-likeness (QED) is 0.795. The van der Waals surface area contributed by atoms with Crippen molar-refractivity contribution in [2.75, 3.05) is 5.73 Å². The Balaban J connectivity index is 2.11. The predicted molar refractivity (Wildman–Crippen MR) is 65.2 cm³/mol. The zero-order chi connectivity index (χ0) is 10.3. The molecule has 1 aliphatic rings. The van der Waals surface area contributed by atoms with E-state index in [0.717, 1.165) is 15.9 Å². The molecule has 0 unspecified atom stereocenters. The lowest BCUT2D eigenvalue weighted by atomic mass is 10.0. The molecule has 3 rings (SSSR count). The van der Waals surface area contributed by atoms with Gasteiger partial charge in [0.05, 0.1) is 15.9 Å². The van der Waals surface area contributed by atoms with E-state index >= 15 is 0 Å². The van der Waals surface area contributed by atoms with Gasteiger partial charge in [-0.25, -0.2) is 0 Å². The van der Waals surface area contributed by atoms with Gasteiger partial charge in [0, 0.05) is 11.6 Å². The highest BCUT2D eigenvalue weighted by molar-refractivity contribution is 7.17. The first kappa shape index (κ1) is 9.16. The molecule has 2 aromatic rings. The summed E-state index contributed by atoms with van der Waals surface area (Å²) in [5.41, 5.74) is 9.22. The molecule has 0 bridgehead atoms. The second-order valence-corrected chi connectivity index (χ2v) is 5.17. The van der Waals surface area contributed by atoms with Gasteiger partial charge in [-0.05, 0) is 30.4 Å². The molecule has 1 fully saturated rings. The molecule has 1 saturated carbocycles. The van der Waals surface area contributed by atoms with Crippen molar-refractivity contribution in [3.05, 3.63) is 23.2 Å². The standard InChI is InChI=1S/C12H14N2S/c13-9-7-11(8-3-1-2-4-8)14-10-5-6-15-12(9)10/h5-8H,1-4H2,(H2,13,14). The first-order valence-corrected chi connectivity index (χ1v) is 6.36. The lowest BCUT2D eigenvalue weighted by Gasteiger charge is -2.09. The van der Waals surface area contributed by atoms with E-state index in [1.807, 2.05) is 0 Å². The second kappa shape index (κ2) is 3.49. The SMILES string of the molecule is Nc1cc(C2CCCC2)nc2ccsc12. The maximum atomic E-state index is 6.04. The van der Waals surface area contributed by atoms with Crippen LogP contribution in [0.2, 0.25) is 0 Å². The molecule has 0 amide bonds. The maximum Gasteiger partial charge on any atom is 0.0834 e. The number of hydrogen-bond acceptors (Lipinski definition) is 3. The Morgan fingerprint density at radius 1 is 1.33 bits per heavy atom. The molecule has 0 aromatic carbocycles. The van der Waals surface area contributed by atoms with Crippen LogP contribution in [0.4, 0.5) is 5.69 Å². The summed E-state index contributed by atoms with van der Waals surface area (Å²) in [6.07, 6.45) is 5.24. The topological polar surface area (TPSA) is 38.9 Å². The van der Waals surface area contributed by atoms with Gasteiger partial charge >= 0.3 is 0 Å². The van der Waals surface area contributed by atoms with Crippen LogP contribution in [0.25, 0.3) is 10.2 Å². The van der Waals surface area contributed by atoms with Crippen LogP contribution < -0.4 is 5.73 Å². The number of pyridine rings is 1. The molecule has 0 spiro atoms. The van der Waals surface area contributed by atoms with E-state index in [0.29, 0.717) is 5.92 Å². The minimum atomic E-state index is 0.650. The highest BCUT2D eigenvalue weighted by Crippen LogP contribution is 2.36. The minimum Gasteiger partial charge on any atom is -0.397 e. The average molecular weight is 218 g/mol. The first-order chi connectivity index (χ1) is 7.34. The van der Waals surface area contributed by atoms with E-state index in [9.17, 15) is 0 Å². The molecule has 0 aliphatic heterocycles. The van der Waals surface area contributed by atoms with Crippen molar-refractivity contribution in [1.82, 2.24) is 4.98 Å². The highest BCUT2D eigenvalue weighted by Gasteiger charge is 2.19. The number of nitrogens with two attached hydrogens (primary N) is 1. The van der Waals surface area contributed by atoms with Crippen LogP contribution in [-0.2, 0) is 0 Å². The third-order valence-electron chi connectivity index (χ3n) is 3.23. The largest absolute Gasteiger partial charge is 0.397 e. The molecular weight excluding hydrogens is 204 g/mol. The number of fused-ring (bicyclic) bond motifs is 1. The van der Waals surface area contributed by atoms with Crippen molar-refractivity contribution in [3.63, 3.8) is 0 Å². The number of nitrogens with zero attached hydrogens (tertiary/aromatic N) is 1. The summed E-state index contributed by atoms with van der Waals surface area (Å²) >= 11 is 1.68. The third-order valence-corrected chi connectivity index (χ3v) is 4.19. The van der Waals surface area contributed by atoms with Crippen molar-refractivity contribution < 1.29 is 0 Å². The Kier molecular flexibility index (Phi) is 2.13. The van der Waals surface area contributed by atoms with Crippen molar-refractivity contribution in [3.8, 4) is 0 Å². The van der Waals surface area contributed by atoms with Crippen molar-refractivity contribution >= 4 is 27.2 Å². The lowest BCUT2D eigenvalue weighted by molar-refractivity contribution is 0.702. The Bertz CT molecular complexity index is 483. The Labute approximate surface area is 93.1 Å². The molecule has 15 heavy (non-hydrogen) atoms. The number of thiophene rings is 1. The van der Waals surface area contributed by atoms with Crippen LogP contribution in [0.5, 0.6) is 0 Å². The predicted octanol–water partition coefficient (Wildman–Crippen LogP) is 3.54. The van der Waals surface area contributed by atoms with E-state index in [4.69, 9.17) is 10.7 Å². The van der Waals surface area contributed by atoms with Crippen molar-refractivity contribution in [1.29, 1.82) is 0 Å². The minimum absolute atomic E-state index is 0.650. The summed E-state index contributed by atoms with van der Waals surface area (Å²) in [6.45, 7) is 0. The van der Waals surface area contributed by atoms with Crippen LogP contribution in [0, 0.1) is 0 Å². The summed E-state index contributed by atoms with van der Waals surface area (Å²) in [7, 11) is 0. The maximum absolute atomic E-state index is 6.04. The lowest BCUT2D eigenvalue weighted by Crippen LogP contribution is -1.98. The smallest absolute Gasteiger partial charge is 0.0834 e. The first-order valence-electron chi connectivity index (χ1n) is 5.48. The normalized spacial score (nSPS) is 17.6. The summed E-state index contributed by atoms with van der Waals surface area (Å²) in [5.74, 6) is 0.650. The van der Waals surface area contributed by atoms with Crippen LogP contribution in [0.3, 0.4) is 0 Å². The molecule has 78 valence electrons. The summed E-state index contributed by atoms with van der Waals surface area (Å²) in [4.78, 5) is 4.71. The molecule has 2 aromatic heterocycles. The number of nitrogen functional groups attached to an aromatic ring is 1. The van der Waals surface area contributed by atoms with Crippen molar-refractivity contribution in [2.45, 2.75) is 31.6 Å². The van der Waals surface area contributed by atoms with Gasteiger partial charge in [-0.3, -0.25) is 4.98 Å². The van der Waals surface area contributed by atoms with Crippen LogP contribution in [-0.4, -0.2) is 4.98 Å². The van der Waals surface area contributed by atoms with E-state index < -0.39 is 0 Å². The Morgan fingerprint density at radius 3 is 2.93 bits per heavy atom. The summed E-state index contributed by atoms with van der Waals surface area (Å²) in [5, 5.41) is 2.06. The molecule has 1 aliphatic carbocycles. The molecule has 2 nitrogen and oxygen atoms in total. The van der Waals surface area contributed by atoms with Crippen LogP contribution in [0.1, 0.15) is 37.3 Å². The van der Waals surface area contributed by atoms with E-state index in [2.05, 4.69) is 17.5 Å². The van der Waals surface area contributed by atoms with Crippen molar-refractivity contribution in [2.24, 2.45) is 0 Å². The molecule has 3 heteroatoms. The molecule has 0 saturated heterocycles. The average Bonchev–Trinajstić information content (AvgIpc) is 2.88. The number of rotatable bonds is 1. The fourth-order valence-corrected chi connectivity index (χ4v) is 3.20.